The molecule has 3 nitrogen and oxygen atoms in total. The van der Waals surface area contributed by atoms with Crippen molar-refractivity contribution in [3.8, 4) is 10.9 Å². The lowest BCUT2D eigenvalue weighted by Crippen LogP contribution is -1.88. The molecule has 0 saturated carbocycles. The topological polar surface area (TPSA) is 48.1 Å². The van der Waals surface area contributed by atoms with Gasteiger partial charge in [-0.3, -0.25) is 0 Å². The van der Waals surface area contributed by atoms with E-state index in [1.807, 2.05) is 18.2 Å². The van der Waals surface area contributed by atoms with Crippen LogP contribution in [-0.4, -0.2) is 4.98 Å². The van der Waals surface area contributed by atoms with Crippen LogP contribution in [0.5, 0.6) is 10.9 Å². The lowest BCUT2D eigenvalue weighted by atomic mass is 10.1. The van der Waals surface area contributed by atoms with Gasteiger partial charge in [0.25, 0.3) is 5.19 Å². The molecular weight excluding hydrogens is 268 g/mol. The second-order valence-corrected chi connectivity index (χ2v) is 5.46. The molecule has 0 radical (unpaired) electrons. The average Bonchev–Trinajstić information content (AvgIpc) is 2.88. The molecule has 20 heavy (non-hydrogen) atoms. The summed E-state index contributed by atoms with van der Waals surface area (Å²) in [6.45, 7) is 0. The molecule has 4 heteroatoms. The number of benzene rings is 2. The van der Waals surface area contributed by atoms with Gasteiger partial charge in [-0.2, -0.15) is 0 Å². The number of hydrogen-bond donors (Lipinski definition) is 1. The Hall–Kier alpha value is -2.33. The van der Waals surface area contributed by atoms with Crippen molar-refractivity contribution in [2.24, 2.45) is 0 Å². The molecule has 0 saturated heterocycles. The second kappa shape index (κ2) is 5.75. The zero-order valence-electron chi connectivity index (χ0n) is 10.8. The summed E-state index contributed by atoms with van der Waals surface area (Å²) in [6, 6.07) is 18.4. The third-order valence-electron chi connectivity index (χ3n) is 2.88. The number of aromatic nitrogens is 1. The summed E-state index contributed by atoms with van der Waals surface area (Å²) >= 11 is 1.33. The summed E-state index contributed by atoms with van der Waals surface area (Å²) in [5.41, 5.74) is 8.17. The monoisotopic (exact) mass is 282 g/mol. The molecular formula is C16H14N2OS. The Kier molecular flexibility index (Phi) is 3.65. The second-order valence-electron chi connectivity index (χ2n) is 4.44. The predicted molar refractivity (Wildman–Crippen MR) is 82.3 cm³/mol. The van der Waals surface area contributed by atoms with Crippen molar-refractivity contribution in [3.63, 3.8) is 0 Å². The number of rotatable bonds is 4. The van der Waals surface area contributed by atoms with Crippen molar-refractivity contribution < 1.29 is 4.74 Å². The van der Waals surface area contributed by atoms with Gasteiger partial charge in [-0.25, -0.2) is 4.98 Å². The van der Waals surface area contributed by atoms with E-state index in [-0.39, 0.29) is 0 Å². The molecule has 2 aromatic carbocycles. The Morgan fingerprint density at radius 2 is 1.65 bits per heavy atom. The van der Waals surface area contributed by atoms with Crippen LogP contribution in [-0.2, 0) is 6.42 Å². The Labute approximate surface area is 121 Å². The zero-order chi connectivity index (χ0) is 13.8. The molecule has 100 valence electrons. The summed E-state index contributed by atoms with van der Waals surface area (Å²) in [4.78, 5) is 4.07. The van der Waals surface area contributed by atoms with E-state index in [0.29, 0.717) is 10.2 Å². The van der Waals surface area contributed by atoms with Crippen LogP contribution in [0.4, 0.5) is 5.00 Å². The fourth-order valence-corrected chi connectivity index (χ4v) is 2.48. The quantitative estimate of drug-likeness (QED) is 0.783. The van der Waals surface area contributed by atoms with E-state index in [9.17, 15) is 0 Å². The molecule has 0 atom stereocenters. The highest BCUT2D eigenvalue weighted by molar-refractivity contribution is 7.17. The highest BCUT2D eigenvalue weighted by Gasteiger charge is 2.02. The molecule has 0 spiro atoms. The van der Waals surface area contributed by atoms with E-state index in [2.05, 4.69) is 41.4 Å². The van der Waals surface area contributed by atoms with E-state index in [4.69, 9.17) is 10.5 Å². The molecule has 0 unspecified atom stereocenters. The van der Waals surface area contributed by atoms with Crippen LogP contribution in [0.1, 0.15) is 11.1 Å². The summed E-state index contributed by atoms with van der Waals surface area (Å²) in [5.74, 6) is 0.774. The SMILES string of the molecule is Nc1cnc(Oc2ccc(Cc3ccccc3)cc2)s1. The minimum Gasteiger partial charge on any atom is -0.431 e. The number of anilines is 1. The van der Waals surface area contributed by atoms with Gasteiger partial charge in [0.15, 0.2) is 0 Å². The molecule has 0 aliphatic heterocycles. The molecule has 0 amide bonds. The molecule has 3 rings (SSSR count). The van der Waals surface area contributed by atoms with Gasteiger partial charge in [0, 0.05) is 0 Å². The predicted octanol–water partition coefficient (Wildman–Crippen LogP) is 4.11. The maximum absolute atomic E-state index is 5.63. The first-order valence-corrected chi connectivity index (χ1v) is 7.13. The first-order chi connectivity index (χ1) is 9.79. The van der Waals surface area contributed by atoms with E-state index in [1.54, 1.807) is 6.20 Å². The minimum atomic E-state index is 0.568. The summed E-state index contributed by atoms with van der Waals surface area (Å²) in [5, 5.41) is 1.22. The molecule has 1 heterocycles. The first kappa shape index (κ1) is 12.7. The third-order valence-corrected chi connectivity index (χ3v) is 3.59. The van der Waals surface area contributed by atoms with Crippen LogP contribution in [0.2, 0.25) is 0 Å². The molecule has 0 fully saturated rings. The van der Waals surface area contributed by atoms with Gasteiger partial charge >= 0.3 is 0 Å². The summed E-state index contributed by atoms with van der Waals surface area (Å²) in [6.07, 6.45) is 2.52. The smallest absolute Gasteiger partial charge is 0.280 e. The van der Waals surface area contributed by atoms with Crippen molar-refractivity contribution in [1.29, 1.82) is 0 Å². The van der Waals surface area contributed by atoms with Crippen molar-refractivity contribution in [2.75, 3.05) is 5.73 Å². The van der Waals surface area contributed by atoms with E-state index in [0.717, 1.165) is 12.2 Å². The van der Waals surface area contributed by atoms with Gasteiger partial charge in [-0.15, -0.1) is 0 Å². The first-order valence-electron chi connectivity index (χ1n) is 6.31. The number of hydrogen-bond acceptors (Lipinski definition) is 4. The molecule has 3 aromatic rings. The lowest BCUT2D eigenvalue weighted by Gasteiger charge is -2.04. The van der Waals surface area contributed by atoms with Crippen LogP contribution >= 0.6 is 11.3 Å². The van der Waals surface area contributed by atoms with Gasteiger partial charge in [0.2, 0.25) is 0 Å². The van der Waals surface area contributed by atoms with Crippen molar-refractivity contribution in [1.82, 2.24) is 4.98 Å². The molecule has 2 N–H and O–H groups in total. The van der Waals surface area contributed by atoms with Gasteiger partial charge in [-0.05, 0) is 29.7 Å². The molecule has 0 aliphatic carbocycles. The molecule has 1 aromatic heterocycles. The Morgan fingerprint density at radius 3 is 2.30 bits per heavy atom. The van der Waals surface area contributed by atoms with E-state index >= 15 is 0 Å². The van der Waals surface area contributed by atoms with E-state index in [1.165, 1.54) is 22.5 Å². The number of nitrogens with two attached hydrogens (primary N) is 1. The van der Waals surface area contributed by atoms with E-state index < -0.39 is 0 Å². The van der Waals surface area contributed by atoms with Gasteiger partial charge < -0.3 is 10.5 Å². The van der Waals surface area contributed by atoms with Gasteiger partial charge in [0.05, 0.1) is 6.20 Å². The van der Waals surface area contributed by atoms with Crippen LogP contribution in [0, 0.1) is 0 Å². The number of nitrogens with zero attached hydrogens (tertiary/aromatic N) is 1. The zero-order valence-corrected chi connectivity index (χ0v) is 11.6. The number of thiazole rings is 1. The average molecular weight is 282 g/mol. The minimum absolute atomic E-state index is 0.568. The van der Waals surface area contributed by atoms with Crippen LogP contribution in [0.3, 0.4) is 0 Å². The molecule has 0 bridgehead atoms. The Bertz CT molecular complexity index is 677. The normalized spacial score (nSPS) is 10.4. The highest BCUT2D eigenvalue weighted by Crippen LogP contribution is 2.27. The van der Waals surface area contributed by atoms with Gasteiger partial charge in [-0.1, -0.05) is 53.8 Å². The fourth-order valence-electron chi connectivity index (χ4n) is 1.92. The number of ether oxygens (including phenoxy) is 1. The van der Waals surface area contributed by atoms with Crippen LogP contribution < -0.4 is 10.5 Å². The summed E-state index contributed by atoms with van der Waals surface area (Å²) < 4.78 is 5.63. The Balaban J connectivity index is 1.68. The fraction of sp³-hybridized carbons (Fsp3) is 0.0625. The third kappa shape index (κ3) is 3.16. The summed E-state index contributed by atoms with van der Waals surface area (Å²) in [7, 11) is 0. The van der Waals surface area contributed by atoms with Crippen molar-refractivity contribution in [3.05, 3.63) is 71.9 Å². The van der Waals surface area contributed by atoms with Crippen LogP contribution in [0.15, 0.2) is 60.8 Å². The largest absolute Gasteiger partial charge is 0.431 e. The maximum Gasteiger partial charge on any atom is 0.280 e. The Morgan fingerprint density at radius 1 is 0.950 bits per heavy atom. The molecule has 0 aliphatic rings. The van der Waals surface area contributed by atoms with Crippen molar-refractivity contribution >= 4 is 16.3 Å². The standard InChI is InChI=1S/C16H14N2OS/c17-15-11-18-16(20-15)19-14-8-6-13(7-9-14)10-12-4-2-1-3-5-12/h1-9,11H,10,17H2. The van der Waals surface area contributed by atoms with Crippen LogP contribution in [0.25, 0.3) is 0 Å². The maximum atomic E-state index is 5.63. The van der Waals surface area contributed by atoms with Gasteiger partial charge in [0.1, 0.15) is 10.8 Å². The number of nitrogen functional groups attached to an aromatic ring is 1. The highest BCUT2D eigenvalue weighted by atomic mass is 32.1. The van der Waals surface area contributed by atoms with Crippen molar-refractivity contribution in [2.45, 2.75) is 6.42 Å². The lowest BCUT2D eigenvalue weighted by molar-refractivity contribution is 0.478.